The van der Waals surface area contributed by atoms with Gasteiger partial charge in [0.05, 0.1) is 20.1 Å². The second-order valence-electron chi connectivity index (χ2n) is 3.81. The molecule has 0 aliphatic carbocycles. The monoisotopic (exact) mass is 254 g/mol. The fourth-order valence-electron chi connectivity index (χ4n) is 1.85. The van der Waals surface area contributed by atoms with E-state index >= 15 is 0 Å². The third kappa shape index (κ3) is 2.20. The van der Waals surface area contributed by atoms with E-state index in [1.54, 1.807) is 32.0 Å². The van der Waals surface area contributed by atoms with Crippen molar-refractivity contribution in [2.24, 2.45) is 5.92 Å². The molecule has 1 fully saturated rings. The van der Waals surface area contributed by atoms with Crippen molar-refractivity contribution in [1.82, 2.24) is 0 Å². The lowest BCUT2D eigenvalue weighted by atomic mass is 9.98. The Morgan fingerprint density at radius 3 is 2.65 bits per heavy atom. The Morgan fingerprint density at radius 2 is 2.18 bits per heavy atom. The van der Waals surface area contributed by atoms with Crippen LogP contribution in [0.5, 0.6) is 11.5 Å². The molecule has 1 saturated heterocycles. The van der Waals surface area contributed by atoms with Crippen LogP contribution >= 0.6 is 11.8 Å². The minimum atomic E-state index is -0.744. The number of hydrogen-bond acceptors (Lipinski definition) is 4. The lowest BCUT2D eigenvalue weighted by Gasteiger charge is -2.33. The minimum Gasteiger partial charge on any atom is -0.497 e. The highest BCUT2D eigenvalue weighted by atomic mass is 32.2. The van der Waals surface area contributed by atoms with Crippen molar-refractivity contribution < 1.29 is 19.4 Å². The molecule has 0 bridgehead atoms. The van der Waals surface area contributed by atoms with Crippen LogP contribution in [-0.4, -0.2) is 31.0 Å². The van der Waals surface area contributed by atoms with Crippen LogP contribution in [0.3, 0.4) is 0 Å². The van der Waals surface area contributed by atoms with Gasteiger partial charge >= 0.3 is 5.97 Å². The van der Waals surface area contributed by atoms with Crippen LogP contribution in [0.25, 0.3) is 0 Å². The summed E-state index contributed by atoms with van der Waals surface area (Å²) in [5.41, 5.74) is 0.928. The van der Waals surface area contributed by atoms with Gasteiger partial charge in [-0.2, -0.15) is 11.8 Å². The van der Waals surface area contributed by atoms with Crippen molar-refractivity contribution in [3.8, 4) is 11.5 Å². The largest absolute Gasteiger partial charge is 0.497 e. The summed E-state index contributed by atoms with van der Waals surface area (Å²) in [5.74, 6) is 0.998. The second-order valence-corrected chi connectivity index (χ2v) is 4.98. The summed E-state index contributed by atoms with van der Waals surface area (Å²) >= 11 is 1.64. The van der Waals surface area contributed by atoms with E-state index in [-0.39, 0.29) is 11.2 Å². The maximum atomic E-state index is 11.0. The van der Waals surface area contributed by atoms with Gasteiger partial charge in [-0.25, -0.2) is 0 Å². The summed E-state index contributed by atoms with van der Waals surface area (Å²) in [4.78, 5) is 11.0. The van der Waals surface area contributed by atoms with Gasteiger partial charge < -0.3 is 14.6 Å². The van der Waals surface area contributed by atoms with E-state index in [9.17, 15) is 4.79 Å². The molecular weight excluding hydrogens is 240 g/mol. The molecular formula is C12H14O4S. The van der Waals surface area contributed by atoms with Crippen molar-refractivity contribution >= 4 is 17.7 Å². The first-order chi connectivity index (χ1) is 8.17. The zero-order chi connectivity index (χ0) is 12.4. The fourth-order valence-corrected chi connectivity index (χ4v) is 3.06. The molecule has 0 aromatic heterocycles. The van der Waals surface area contributed by atoms with Gasteiger partial charge in [0, 0.05) is 22.6 Å². The van der Waals surface area contributed by atoms with Gasteiger partial charge in [-0.05, 0) is 6.07 Å². The van der Waals surface area contributed by atoms with Crippen LogP contribution in [0.2, 0.25) is 0 Å². The lowest BCUT2D eigenvalue weighted by molar-refractivity contribution is -0.141. The Hall–Kier alpha value is -1.36. The van der Waals surface area contributed by atoms with Gasteiger partial charge in [0.2, 0.25) is 0 Å². The number of rotatable bonds is 4. The second kappa shape index (κ2) is 4.87. The van der Waals surface area contributed by atoms with Crippen molar-refractivity contribution in [1.29, 1.82) is 0 Å². The summed E-state index contributed by atoms with van der Waals surface area (Å²) in [7, 11) is 3.17. The zero-order valence-electron chi connectivity index (χ0n) is 9.67. The normalized spacial score (nSPS) is 22.7. The van der Waals surface area contributed by atoms with E-state index in [1.807, 2.05) is 12.1 Å². The van der Waals surface area contributed by atoms with Gasteiger partial charge in [0.15, 0.2) is 0 Å². The van der Waals surface area contributed by atoms with Crippen molar-refractivity contribution in [2.45, 2.75) is 5.25 Å². The van der Waals surface area contributed by atoms with E-state index in [2.05, 4.69) is 0 Å². The summed E-state index contributed by atoms with van der Waals surface area (Å²) in [5, 5.41) is 9.03. The molecule has 0 amide bonds. The number of aliphatic carboxylic acids is 1. The molecule has 4 nitrogen and oxygen atoms in total. The number of carboxylic acid groups (broad SMARTS) is 1. The van der Waals surface area contributed by atoms with E-state index in [4.69, 9.17) is 14.6 Å². The van der Waals surface area contributed by atoms with Crippen LogP contribution in [-0.2, 0) is 4.79 Å². The first kappa shape index (κ1) is 12.1. The average molecular weight is 254 g/mol. The van der Waals surface area contributed by atoms with Crippen LogP contribution in [0.1, 0.15) is 10.8 Å². The highest BCUT2D eigenvalue weighted by Crippen LogP contribution is 2.50. The molecule has 1 aromatic rings. The van der Waals surface area contributed by atoms with Crippen LogP contribution in [0.4, 0.5) is 0 Å². The third-order valence-corrected chi connectivity index (χ3v) is 4.38. The van der Waals surface area contributed by atoms with Crippen molar-refractivity contribution in [3.63, 3.8) is 0 Å². The van der Waals surface area contributed by atoms with Gasteiger partial charge in [-0.3, -0.25) is 4.79 Å². The number of carboxylic acids is 1. The molecule has 2 unspecified atom stereocenters. The smallest absolute Gasteiger partial charge is 0.308 e. The Morgan fingerprint density at radius 1 is 1.41 bits per heavy atom. The van der Waals surface area contributed by atoms with Crippen molar-refractivity contribution in [3.05, 3.63) is 23.8 Å². The molecule has 92 valence electrons. The van der Waals surface area contributed by atoms with Crippen molar-refractivity contribution in [2.75, 3.05) is 20.0 Å². The number of benzene rings is 1. The highest BCUT2D eigenvalue weighted by Gasteiger charge is 2.40. The molecule has 5 heteroatoms. The van der Waals surface area contributed by atoms with E-state index in [0.717, 1.165) is 5.56 Å². The number of ether oxygens (including phenoxy) is 2. The number of hydrogen-bond donors (Lipinski definition) is 1. The molecule has 2 rings (SSSR count). The molecule has 2 atom stereocenters. The summed E-state index contributed by atoms with van der Waals surface area (Å²) in [6, 6.07) is 5.49. The molecule has 1 N–H and O–H groups in total. The SMILES string of the molecule is COc1ccc(C2SCC2C(=O)O)c(OC)c1. The Balaban J connectivity index is 2.29. The number of methoxy groups -OCH3 is 2. The zero-order valence-corrected chi connectivity index (χ0v) is 10.5. The topological polar surface area (TPSA) is 55.8 Å². The average Bonchev–Trinajstić information content (AvgIpc) is 2.27. The molecule has 1 aliphatic rings. The lowest BCUT2D eigenvalue weighted by Crippen LogP contribution is -2.31. The maximum Gasteiger partial charge on any atom is 0.308 e. The van der Waals surface area contributed by atoms with E-state index in [0.29, 0.717) is 17.3 Å². The number of carbonyl (C=O) groups is 1. The molecule has 0 saturated carbocycles. The summed E-state index contributed by atoms with van der Waals surface area (Å²) in [6.07, 6.45) is 0. The van der Waals surface area contributed by atoms with Crippen LogP contribution in [0.15, 0.2) is 18.2 Å². The number of thioether (sulfide) groups is 1. The third-order valence-electron chi connectivity index (χ3n) is 2.89. The quantitative estimate of drug-likeness (QED) is 0.892. The molecule has 17 heavy (non-hydrogen) atoms. The first-order valence-electron chi connectivity index (χ1n) is 5.23. The Labute approximate surface area is 104 Å². The van der Waals surface area contributed by atoms with Crippen LogP contribution in [0, 0.1) is 5.92 Å². The summed E-state index contributed by atoms with van der Waals surface area (Å²) in [6.45, 7) is 0. The molecule has 1 aromatic carbocycles. The molecule has 0 radical (unpaired) electrons. The fraction of sp³-hybridized carbons (Fsp3) is 0.417. The van der Waals surface area contributed by atoms with Gasteiger partial charge in [-0.15, -0.1) is 0 Å². The van der Waals surface area contributed by atoms with Gasteiger partial charge in [0.25, 0.3) is 0 Å². The standard InChI is InChI=1S/C12H14O4S/c1-15-7-3-4-8(10(5-7)16-2)11-9(6-17-11)12(13)14/h3-5,9,11H,6H2,1-2H3,(H,13,14). The Kier molecular flexibility index (Phi) is 3.47. The Bertz CT molecular complexity index is 433. The molecule has 1 heterocycles. The maximum absolute atomic E-state index is 11.0. The van der Waals surface area contributed by atoms with Crippen LogP contribution < -0.4 is 9.47 Å². The predicted molar refractivity (Wildman–Crippen MR) is 65.9 cm³/mol. The highest BCUT2D eigenvalue weighted by molar-refractivity contribution is 8.01. The van der Waals surface area contributed by atoms with Gasteiger partial charge in [0.1, 0.15) is 11.5 Å². The summed E-state index contributed by atoms with van der Waals surface area (Å²) < 4.78 is 10.4. The molecule has 0 spiro atoms. The minimum absolute atomic E-state index is 0.0200. The van der Waals surface area contributed by atoms with E-state index in [1.165, 1.54) is 0 Å². The van der Waals surface area contributed by atoms with Gasteiger partial charge in [-0.1, -0.05) is 6.07 Å². The van der Waals surface area contributed by atoms with E-state index < -0.39 is 5.97 Å². The predicted octanol–water partition coefficient (Wildman–Crippen LogP) is 2.19. The first-order valence-corrected chi connectivity index (χ1v) is 6.28. The molecule has 1 aliphatic heterocycles.